The van der Waals surface area contributed by atoms with Crippen LogP contribution >= 0.6 is 11.8 Å². The van der Waals surface area contributed by atoms with Gasteiger partial charge in [0.05, 0.1) is 17.6 Å². The number of aliphatic hydroxyl groups excluding tert-OH is 1. The van der Waals surface area contributed by atoms with Gasteiger partial charge in [-0.1, -0.05) is 11.8 Å². The van der Waals surface area contributed by atoms with Crippen molar-refractivity contribution in [3.8, 4) is 5.75 Å². The zero-order valence-electron chi connectivity index (χ0n) is 12.4. The minimum absolute atomic E-state index is 0.0442. The van der Waals surface area contributed by atoms with Crippen molar-refractivity contribution >= 4 is 28.7 Å². The molecule has 1 fully saturated rings. The zero-order chi connectivity index (χ0) is 17.0. The molecule has 0 spiro atoms. The van der Waals surface area contributed by atoms with Crippen LogP contribution in [0, 0.1) is 10.1 Å². The Hall–Kier alpha value is -2.13. The second-order valence-electron chi connectivity index (χ2n) is 5.07. The lowest BCUT2D eigenvalue weighted by Crippen LogP contribution is -2.39. The Labute approximate surface area is 136 Å². The molecular weight excluding hydrogens is 324 g/mol. The summed E-state index contributed by atoms with van der Waals surface area (Å²) in [6, 6.07) is 4.75. The molecule has 2 atom stereocenters. The van der Waals surface area contributed by atoms with E-state index in [9.17, 15) is 24.8 Å². The molecule has 1 aromatic carbocycles. The molecule has 0 bridgehead atoms. The van der Waals surface area contributed by atoms with Gasteiger partial charge in [-0.25, -0.2) is 4.79 Å². The second-order valence-corrected chi connectivity index (χ2v) is 6.55. The van der Waals surface area contributed by atoms with Gasteiger partial charge >= 0.3 is 6.09 Å². The minimum Gasteiger partial charge on any atom is -0.410 e. The molecule has 0 saturated carbocycles. The summed E-state index contributed by atoms with van der Waals surface area (Å²) in [5.74, 6) is 0.181. The quantitative estimate of drug-likeness (QED) is 0.657. The lowest BCUT2D eigenvalue weighted by Gasteiger charge is -2.21. The van der Waals surface area contributed by atoms with Crippen LogP contribution in [-0.4, -0.2) is 50.6 Å². The Morgan fingerprint density at radius 2 is 2.09 bits per heavy atom. The van der Waals surface area contributed by atoms with Crippen LogP contribution in [0.5, 0.6) is 5.75 Å². The van der Waals surface area contributed by atoms with Crippen LogP contribution in [0.25, 0.3) is 0 Å². The monoisotopic (exact) mass is 340 g/mol. The summed E-state index contributed by atoms with van der Waals surface area (Å²) in [6.07, 6.45) is -0.139. The average Bonchev–Trinajstić information content (AvgIpc) is 2.90. The van der Waals surface area contributed by atoms with Crippen LogP contribution < -0.4 is 4.74 Å². The highest BCUT2D eigenvalue weighted by Crippen LogP contribution is 2.29. The fourth-order valence-electron chi connectivity index (χ4n) is 2.39. The number of hydrogen-bond acceptors (Lipinski definition) is 7. The Morgan fingerprint density at radius 1 is 1.43 bits per heavy atom. The first-order chi connectivity index (χ1) is 10.9. The Balaban J connectivity index is 2.01. The van der Waals surface area contributed by atoms with Gasteiger partial charge in [-0.3, -0.25) is 14.9 Å². The molecule has 1 heterocycles. The van der Waals surface area contributed by atoms with Gasteiger partial charge in [-0.05, 0) is 18.6 Å². The highest BCUT2D eigenvalue weighted by atomic mass is 32.2. The van der Waals surface area contributed by atoms with E-state index < -0.39 is 17.1 Å². The summed E-state index contributed by atoms with van der Waals surface area (Å²) in [7, 11) is 0. The molecule has 0 aliphatic carbocycles. The molecule has 2 rings (SSSR count). The molecule has 0 aromatic heterocycles. The Bertz CT molecular complexity index is 606. The van der Waals surface area contributed by atoms with Gasteiger partial charge in [0.2, 0.25) is 0 Å². The molecule has 1 aliphatic heterocycles. The van der Waals surface area contributed by atoms with Crippen molar-refractivity contribution in [3.05, 3.63) is 34.4 Å². The number of ether oxygens (including phenoxy) is 1. The predicted octanol–water partition coefficient (Wildman–Crippen LogP) is 1.81. The predicted molar refractivity (Wildman–Crippen MR) is 83.4 cm³/mol. The summed E-state index contributed by atoms with van der Waals surface area (Å²) in [5, 5.41) is 19.8. The number of hydrogen-bond donors (Lipinski definition) is 1. The van der Waals surface area contributed by atoms with Gasteiger partial charge in [-0.15, -0.1) is 0 Å². The third kappa shape index (κ3) is 4.42. The van der Waals surface area contributed by atoms with Crippen LogP contribution in [0.2, 0.25) is 0 Å². The van der Waals surface area contributed by atoms with Gasteiger partial charge < -0.3 is 14.7 Å². The number of thioether (sulfide) groups is 1. The maximum atomic E-state index is 12.2. The first-order valence-corrected chi connectivity index (χ1v) is 7.79. The molecule has 23 heavy (non-hydrogen) atoms. The number of nitro benzene ring substituents is 1. The van der Waals surface area contributed by atoms with Crippen molar-refractivity contribution in [2.24, 2.45) is 0 Å². The molecule has 8 nitrogen and oxygen atoms in total. The first kappa shape index (κ1) is 17.2. The van der Waals surface area contributed by atoms with Crippen molar-refractivity contribution in [2.45, 2.75) is 24.6 Å². The van der Waals surface area contributed by atoms with E-state index in [0.29, 0.717) is 13.0 Å². The lowest BCUT2D eigenvalue weighted by atomic mass is 10.2. The fraction of sp³-hybridized carbons (Fsp3) is 0.429. The van der Waals surface area contributed by atoms with E-state index in [1.54, 1.807) is 0 Å². The van der Waals surface area contributed by atoms with Gasteiger partial charge in [-0.2, -0.15) is 0 Å². The van der Waals surface area contributed by atoms with E-state index in [1.807, 2.05) is 0 Å². The highest BCUT2D eigenvalue weighted by Gasteiger charge is 2.36. The van der Waals surface area contributed by atoms with Crippen molar-refractivity contribution in [3.63, 3.8) is 0 Å². The molecule has 1 amide bonds. The van der Waals surface area contributed by atoms with Crippen molar-refractivity contribution in [2.75, 3.05) is 13.2 Å². The number of carbonyl (C=O) groups is 2. The second kappa shape index (κ2) is 7.42. The number of aliphatic hydroxyl groups is 1. The zero-order valence-corrected chi connectivity index (χ0v) is 13.2. The third-order valence-corrected chi connectivity index (χ3v) is 4.41. The van der Waals surface area contributed by atoms with Gasteiger partial charge in [0.15, 0.2) is 5.12 Å². The maximum absolute atomic E-state index is 12.2. The summed E-state index contributed by atoms with van der Waals surface area (Å²) in [4.78, 5) is 34.8. The first-order valence-electron chi connectivity index (χ1n) is 6.91. The molecule has 1 saturated heterocycles. The number of rotatable bonds is 4. The van der Waals surface area contributed by atoms with E-state index in [-0.39, 0.29) is 28.4 Å². The van der Waals surface area contributed by atoms with E-state index >= 15 is 0 Å². The molecule has 1 N–H and O–H groups in total. The topological polar surface area (TPSA) is 110 Å². The maximum Gasteiger partial charge on any atom is 0.415 e. The fourth-order valence-corrected chi connectivity index (χ4v) is 3.41. The Morgan fingerprint density at radius 3 is 2.61 bits per heavy atom. The number of likely N-dealkylation sites (tertiary alicyclic amines) is 1. The Kier molecular flexibility index (Phi) is 5.56. The van der Waals surface area contributed by atoms with E-state index in [4.69, 9.17) is 4.74 Å². The number of benzene rings is 1. The van der Waals surface area contributed by atoms with Crippen molar-refractivity contribution < 1.29 is 24.4 Å². The number of nitro groups is 1. The molecule has 0 unspecified atom stereocenters. The molecule has 1 aromatic rings. The summed E-state index contributed by atoms with van der Waals surface area (Å²) in [5.41, 5.74) is -0.0999. The largest absolute Gasteiger partial charge is 0.415 e. The number of amides is 1. The van der Waals surface area contributed by atoms with Crippen LogP contribution in [0.3, 0.4) is 0 Å². The SMILES string of the molecule is CC(=O)S[C@@H]1C[C@@H](CO)N(C(=O)Oc2ccc([N+](=O)[O-])cc2)C1. The number of carbonyl (C=O) groups excluding carboxylic acids is 2. The van der Waals surface area contributed by atoms with Crippen molar-refractivity contribution in [1.29, 1.82) is 0 Å². The molecule has 1 aliphatic rings. The molecule has 124 valence electrons. The van der Waals surface area contributed by atoms with Crippen LogP contribution in [-0.2, 0) is 4.79 Å². The minimum atomic E-state index is -0.649. The molecule has 0 radical (unpaired) electrons. The van der Waals surface area contributed by atoms with E-state index in [1.165, 1.54) is 36.1 Å². The van der Waals surface area contributed by atoms with Crippen molar-refractivity contribution in [1.82, 2.24) is 4.90 Å². The van der Waals surface area contributed by atoms with Crippen LogP contribution in [0.1, 0.15) is 13.3 Å². The molecular formula is C14H16N2O6S. The summed E-state index contributed by atoms with van der Waals surface area (Å²) < 4.78 is 5.18. The van der Waals surface area contributed by atoms with E-state index in [2.05, 4.69) is 0 Å². The normalized spacial score (nSPS) is 20.3. The van der Waals surface area contributed by atoms with Gasteiger partial charge in [0.1, 0.15) is 5.75 Å². The number of nitrogens with zero attached hydrogens (tertiary/aromatic N) is 2. The van der Waals surface area contributed by atoms with Crippen LogP contribution in [0.4, 0.5) is 10.5 Å². The molecule has 9 heteroatoms. The summed E-state index contributed by atoms with van der Waals surface area (Å²) in [6.45, 7) is 1.54. The van der Waals surface area contributed by atoms with E-state index in [0.717, 1.165) is 11.8 Å². The van der Waals surface area contributed by atoms with Crippen LogP contribution in [0.15, 0.2) is 24.3 Å². The third-order valence-electron chi connectivity index (χ3n) is 3.41. The van der Waals surface area contributed by atoms with Gasteiger partial charge in [0, 0.05) is 30.9 Å². The standard InChI is InChI=1S/C14H16N2O6S/c1-9(18)23-13-6-11(8-17)15(7-13)14(19)22-12-4-2-10(3-5-12)16(20)21/h2-5,11,13,17H,6-8H2,1H3/t11-,13+/m0/s1. The van der Waals surface area contributed by atoms with Gasteiger partial charge in [0.25, 0.3) is 5.69 Å². The highest BCUT2D eigenvalue weighted by molar-refractivity contribution is 8.14. The number of non-ortho nitro benzene ring substituents is 1. The average molecular weight is 340 g/mol. The lowest BCUT2D eigenvalue weighted by molar-refractivity contribution is -0.384. The smallest absolute Gasteiger partial charge is 0.410 e. The summed E-state index contributed by atoms with van der Waals surface area (Å²) >= 11 is 1.14.